The van der Waals surface area contributed by atoms with Gasteiger partial charge in [-0.1, -0.05) is 12.8 Å². The Hall–Kier alpha value is -3.28. The highest BCUT2D eigenvalue weighted by atomic mass is 32.1. The number of rotatable bonds is 4. The van der Waals surface area contributed by atoms with Gasteiger partial charge in [0.1, 0.15) is 17.3 Å². The molecule has 0 amide bonds. The maximum absolute atomic E-state index is 13.0. The predicted octanol–water partition coefficient (Wildman–Crippen LogP) is 5.55. The Morgan fingerprint density at radius 3 is 2.66 bits per heavy atom. The van der Waals surface area contributed by atoms with Crippen LogP contribution in [0.1, 0.15) is 60.9 Å². The number of pyridine rings is 1. The van der Waals surface area contributed by atoms with E-state index in [9.17, 15) is 10.1 Å². The molecule has 1 aliphatic carbocycles. The molecule has 35 heavy (non-hydrogen) atoms. The molecule has 1 N–H and O–H groups in total. The summed E-state index contributed by atoms with van der Waals surface area (Å²) >= 11 is 1.90. The minimum atomic E-state index is -0.252. The van der Waals surface area contributed by atoms with E-state index in [-0.39, 0.29) is 17.2 Å². The number of piperidine rings is 1. The van der Waals surface area contributed by atoms with Crippen molar-refractivity contribution in [3.05, 3.63) is 57.3 Å². The van der Waals surface area contributed by atoms with E-state index >= 15 is 0 Å². The molecule has 4 aromatic rings. The van der Waals surface area contributed by atoms with Crippen LogP contribution in [0.3, 0.4) is 0 Å². The summed E-state index contributed by atoms with van der Waals surface area (Å²) < 4.78 is 3.02. The van der Waals surface area contributed by atoms with Gasteiger partial charge in [-0.15, -0.1) is 11.3 Å². The molecule has 6 rings (SSSR count). The Bertz CT molecular complexity index is 1500. The van der Waals surface area contributed by atoms with E-state index in [0.717, 1.165) is 49.8 Å². The fourth-order valence-corrected chi connectivity index (χ4v) is 6.74. The van der Waals surface area contributed by atoms with E-state index in [0.29, 0.717) is 17.5 Å². The topological polar surface area (TPSA) is 86.8 Å². The van der Waals surface area contributed by atoms with Gasteiger partial charge in [-0.3, -0.25) is 9.36 Å². The van der Waals surface area contributed by atoms with Crippen LogP contribution in [0.25, 0.3) is 21.1 Å². The van der Waals surface area contributed by atoms with Crippen molar-refractivity contribution in [2.24, 2.45) is 0 Å². The van der Waals surface area contributed by atoms with Crippen LogP contribution < -0.4 is 10.9 Å². The van der Waals surface area contributed by atoms with Gasteiger partial charge in [-0.2, -0.15) is 10.2 Å². The predicted molar refractivity (Wildman–Crippen MR) is 141 cm³/mol. The normalized spacial score (nSPS) is 17.8. The average molecular weight is 485 g/mol. The molecule has 0 unspecified atom stereocenters. The van der Waals surface area contributed by atoms with Crippen molar-refractivity contribution in [3.63, 3.8) is 0 Å². The third-order valence-corrected chi connectivity index (χ3v) is 8.77. The zero-order valence-electron chi connectivity index (χ0n) is 19.8. The van der Waals surface area contributed by atoms with Crippen molar-refractivity contribution < 1.29 is 0 Å². The molecular weight excluding hydrogens is 456 g/mol. The summed E-state index contributed by atoms with van der Waals surface area (Å²) in [4.78, 5) is 26.1. The highest BCUT2D eigenvalue weighted by Crippen LogP contribution is 2.37. The third-order valence-electron chi connectivity index (χ3n) is 7.50. The number of nitrogens with zero attached hydrogens (tertiary/aromatic N) is 5. The first-order chi connectivity index (χ1) is 17.1. The van der Waals surface area contributed by atoms with E-state index in [4.69, 9.17) is 4.98 Å². The molecule has 178 valence electrons. The fraction of sp³-hybridized carbons (Fsp3) is 0.407. The molecule has 0 spiro atoms. The molecule has 1 aliphatic heterocycles. The molecule has 2 aliphatic rings. The second-order valence-electron chi connectivity index (χ2n) is 9.86. The molecule has 2 fully saturated rings. The largest absolute Gasteiger partial charge is 0.324 e. The summed E-state index contributed by atoms with van der Waals surface area (Å²) in [5, 5.41) is 14.8. The third kappa shape index (κ3) is 4.19. The lowest BCUT2D eigenvalue weighted by molar-refractivity contribution is 0.257. The standard InChI is InChI=1S/C27H28N6OS/c1-32-10-8-17(9-11-32)24-14-18-13-21(6-7-23(18)35-24)30-27-29-16-20-12-19(15-28)26(34)33(25(20)31-27)22-4-2-3-5-22/h6-7,12-14,16-17,22H,2-5,8-11H2,1H3,(H,29,30,31). The summed E-state index contributed by atoms with van der Waals surface area (Å²) in [5.74, 6) is 1.10. The van der Waals surface area contributed by atoms with E-state index in [2.05, 4.69) is 46.5 Å². The maximum atomic E-state index is 13.0. The van der Waals surface area contributed by atoms with Crippen LogP contribution in [0, 0.1) is 11.3 Å². The van der Waals surface area contributed by atoms with Crippen molar-refractivity contribution >= 4 is 44.1 Å². The van der Waals surface area contributed by atoms with Crippen molar-refractivity contribution in [2.75, 3.05) is 25.5 Å². The van der Waals surface area contributed by atoms with Crippen LogP contribution in [-0.4, -0.2) is 39.6 Å². The fourth-order valence-electron chi connectivity index (χ4n) is 5.53. The van der Waals surface area contributed by atoms with E-state index in [1.807, 2.05) is 17.4 Å². The second kappa shape index (κ2) is 9.06. The molecule has 0 bridgehead atoms. The molecule has 7 nitrogen and oxygen atoms in total. The van der Waals surface area contributed by atoms with Gasteiger partial charge in [0.05, 0.1) is 0 Å². The van der Waals surface area contributed by atoms with Crippen molar-refractivity contribution in [2.45, 2.75) is 50.5 Å². The molecule has 0 radical (unpaired) electrons. The lowest BCUT2D eigenvalue weighted by Crippen LogP contribution is -2.28. The minimum Gasteiger partial charge on any atom is -0.324 e. The van der Waals surface area contributed by atoms with E-state index < -0.39 is 0 Å². The van der Waals surface area contributed by atoms with Gasteiger partial charge in [-0.25, -0.2) is 4.98 Å². The van der Waals surface area contributed by atoms with Crippen LogP contribution in [0.4, 0.5) is 11.6 Å². The van der Waals surface area contributed by atoms with Gasteiger partial charge in [0.15, 0.2) is 0 Å². The van der Waals surface area contributed by atoms with Crippen molar-refractivity contribution in [1.82, 2.24) is 19.4 Å². The lowest BCUT2D eigenvalue weighted by Gasteiger charge is -2.28. The Labute approximate surface area is 208 Å². The smallest absolute Gasteiger partial charge is 0.270 e. The van der Waals surface area contributed by atoms with Crippen molar-refractivity contribution in [3.8, 4) is 6.07 Å². The number of hydrogen-bond donors (Lipinski definition) is 1. The van der Waals surface area contributed by atoms with Crippen LogP contribution in [0.5, 0.6) is 0 Å². The van der Waals surface area contributed by atoms with Crippen LogP contribution in [0.15, 0.2) is 41.3 Å². The summed E-state index contributed by atoms with van der Waals surface area (Å²) in [6, 6.07) is 12.5. The van der Waals surface area contributed by atoms with Crippen LogP contribution >= 0.6 is 11.3 Å². The molecule has 1 saturated carbocycles. The van der Waals surface area contributed by atoms with Gasteiger partial charge in [-0.05, 0) is 87.5 Å². The summed E-state index contributed by atoms with van der Waals surface area (Å²) in [6.07, 6.45) is 8.19. The van der Waals surface area contributed by atoms with Gasteiger partial charge in [0.25, 0.3) is 5.56 Å². The molecule has 3 aromatic heterocycles. The average Bonchev–Trinajstić information content (AvgIpc) is 3.54. The van der Waals surface area contributed by atoms with Crippen molar-refractivity contribution in [1.29, 1.82) is 5.26 Å². The number of benzene rings is 1. The van der Waals surface area contributed by atoms with E-state index in [1.165, 1.54) is 27.8 Å². The number of nitrogens with one attached hydrogen (secondary N) is 1. The quantitative estimate of drug-likeness (QED) is 0.409. The molecule has 4 heterocycles. The minimum absolute atomic E-state index is 0.0844. The number of thiophene rings is 1. The molecular formula is C27H28N6OS. The monoisotopic (exact) mass is 484 g/mol. The van der Waals surface area contributed by atoms with Gasteiger partial charge in [0, 0.05) is 32.9 Å². The number of hydrogen-bond acceptors (Lipinski definition) is 7. The van der Waals surface area contributed by atoms with Crippen LogP contribution in [0.2, 0.25) is 0 Å². The summed E-state index contributed by atoms with van der Waals surface area (Å²) in [5.41, 5.74) is 1.42. The lowest BCUT2D eigenvalue weighted by atomic mass is 9.95. The Balaban J connectivity index is 1.32. The van der Waals surface area contributed by atoms with Gasteiger partial charge in [0.2, 0.25) is 5.95 Å². The Morgan fingerprint density at radius 2 is 1.89 bits per heavy atom. The number of anilines is 2. The van der Waals surface area contributed by atoms with Gasteiger partial charge >= 0.3 is 0 Å². The number of nitriles is 1. The maximum Gasteiger partial charge on any atom is 0.270 e. The Kier molecular flexibility index (Phi) is 5.75. The first-order valence-electron chi connectivity index (χ1n) is 12.4. The molecule has 1 aromatic carbocycles. The first-order valence-corrected chi connectivity index (χ1v) is 13.2. The molecule has 8 heteroatoms. The second-order valence-corrected chi connectivity index (χ2v) is 11.0. The summed E-state index contributed by atoms with van der Waals surface area (Å²) in [6.45, 7) is 2.32. The SMILES string of the molecule is CN1CCC(c2cc3cc(Nc4ncc5cc(C#N)c(=O)n(C6CCCC6)c5n4)ccc3s2)CC1. The number of likely N-dealkylation sites (tertiary alicyclic amines) is 1. The number of fused-ring (bicyclic) bond motifs is 2. The zero-order valence-corrected chi connectivity index (χ0v) is 20.6. The van der Waals surface area contributed by atoms with Gasteiger partial charge < -0.3 is 10.2 Å². The highest BCUT2D eigenvalue weighted by Gasteiger charge is 2.23. The molecule has 1 saturated heterocycles. The first kappa shape index (κ1) is 22.2. The Morgan fingerprint density at radius 1 is 1.09 bits per heavy atom. The number of aromatic nitrogens is 3. The van der Waals surface area contributed by atoms with E-state index in [1.54, 1.807) is 16.8 Å². The summed E-state index contributed by atoms with van der Waals surface area (Å²) in [7, 11) is 2.20. The van der Waals surface area contributed by atoms with Crippen LogP contribution in [-0.2, 0) is 0 Å². The highest BCUT2D eigenvalue weighted by molar-refractivity contribution is 7.19. The molecule has 0 atom stereocenters. The zero-order chi connectivity index (χ0) is 23.9.